The maximum Gasteiger partial charge on any atom is 0.218 e. The fourth-order valence-corrected chi connectivity index (χ4v) is 3.15. The molecule has 0 aromatic carbocycles. The maximum atomic E-state index is 5.75. The van der Waals surface area contributed by atoms with Crippen molar-refractivity contribution < 1.29 is 4.74 Å². The van der Waals surface area contributed by atoms with Crippen LogP contribution in [-0.2, 0) is 6.54 Å². The largest absolute Gasteiger partial charge is 0.475 e. The van der Waals surface area contributed by atoms with Crippen molar-refractivity contribution in [3.8, 4) is 5.88 Å². The number of nitrogens with zero attached hydrogens (tertiary/aromatic N) is 2. The smallest absolute Gasteiger partial charge is 0.218 e. The van der Waals surface area contributed by atoms with Crippen molar-refractivity contribution in [3.05, 3.63) is 39.5 Å². The van der Waals surface area contributed by atoms with E-state index in [4.69, 9.17) is 4.74 Å². The third-order valence-corrected chi connectivity index (χ3v) is 4.38. The van der Waals surface area contributed by atoms with E-state index in [1.165, 1.54) is 4.88 Å². The summed E-state index contributed by atoms with van der Waals surface area (Å²) in [4.78, 5) is 10.1. The van der Waals surface area contributed by atoms with Gasteiger partial charge in [0.15, 0.2) is 0 Å². The first kappa shape index (κ1) is 15.9. The molecule has 0 aliphatic rings. The third-order valence-electron chi connectivity index (χ3n) is 3.13. The zero-order valence-electron chi connectivity index (χ0n) is 13.3. The minimum absolute atomic E-state index is 0.127. The third kappa shape index (κ3) is 4.25. The molecule has 0 radical (unpaired) electrons. The summed E-state index contributed by atoms with van der Waals surface area (Å²) in [6.45, 7) is 11.0. The van der Waals surface area contributed by atoms with Crippen LogP contribution in [0.4, 0.5) is 0 Å². The van der Waals surface area contributed by atoms with E-state index in [-0.39, 0.29) is 12.1 Å². The minimum atomic E-state index is 0.127. The first-order valence-corrected chi connectivity index (χ1v) is 8.07. The molecular formula is C16H23N3OS. The monoisotopic (exact) mass is 305 g/mol. The van der Waals surface area contributed by atoms with Crippen molar-refractivity contribution in [3.63, 3.8) is 0 Å². The van der Waals surface area contributed by atoms with E-state index in [1.807, 2.05) is 26.8 Å². The molecule has 0 bridgehead atoms. The summed E-state index contributed by atoms with van der Waals surface area (Å²) in [5.41, 5.74) is 2.19. The average Bonchev–Trinajstić information content (AvgIpc) is 2.76. The Bertz CT molecular complexity index is 595. The standard InChI is InChI=1S/C16H23N3OS/c1-10(2)20-16-14(7-6-8-17-16)9-18-11(3)15-12(4)19-13(5)21-15/h6-8,10-11,18H,9H2,1-5H3. The summed E-state index contributed by atoms with van der Waals surface area (Å²) < 4.78 is 5.75. The van der Waals surface area contributed by atoms with Gasteiger partial charge in [-0.05, 0) is 40.7 Å². The Kier molecular flexibility index (Phi) is 5.31. The molecule has 0 aliphatic carbocycles. The Hall–Kier alpha value is -1.46. The summed E-state index contributed by atoms with van der Waals surface area (Å²) in [5.74, 6) is 0.712. The molecule has 0 spiro atoms. The van der Waals surface area contributed by atoms with Crippen LogP contribution in [0.1, 0.15) is 48.0 Å². The molecule has 2 rings (SSSR count). The lowest BCUT2D eigenvalue weighted by molar-refractivity contribution is 0.229. The molecule has 0 saturated heterocycles. The van der Waals surface area contributed by atoms with Gasteiger partial charge in [-0.15, -0.1) is 11.3 Å². The van der Waals surface area contributed by atoms with Crippen LogP contribution < -0.4 is 10.1 Å². The molecule has 0 amide bonds. The summed E-state index contributed by atoms with van der Waals surface area (Å²) in [6, 6.07) is 4.26. The molecule has 21 heavy (non-hydrogen) atoms. The van der Waals surface area contributed by atoms with Gasteiger partial charge in [-0.2, -0.15) is 0 Å². The van der Waals surface area contributed by atoms with E-state index < -0.39 is 0 Å². The molecule has 114 valence electrons. The van der Waals surface area contributed by atoms with E-state index in [9.17, 15) is 0 Å². The number of nitrogens with one attached hydrogen (secondary N) is 1. The number of rotatable bonds is 6. The molecule has 1 unspecified atom stereocenters. The van der Waals surface area contributed by atoms with Crippen LogP contribution in [0.15, 0.2) is 18.3 Å². The van der Waals surface area contributed by atoms with Crippen LogP contribution in [0.5, 0.6) is 5.88 Å². The first-order chi connectivity index (χ1) is 9.97. The zero-order chi connectivity index (χ0) is 15.4. The lowest BCUT2D eigenvalue weighted by atomic mass is 10.2. The minimum Gasteiger partial charge on any atom is -0.475 e. The van der Waals surface area contributed by atoms with E-state index in [0.717, 1.165) is 22.8 Å². The SMILES string of the molecule is Cc1nc(C)c(C(C)NCc2cccnc2OC(C)C)s1. The fourth-order valence-electron chi connectivity index (χ4n) is 2.19. The number of aromatic nitrogens is 2. The number of pyridine rings is 1. The molecule has 2 aromatic rings. The molecule has 5 heteroatoms. The number of hydrogen-bond donors (Lipinski definition) is 1. The van der Waals surface area contributed by atoms with Crippen molar-refractivity contribution in [2.24, 2.45) is 0 Å². The molecule has 2 aromatic heterocycles. The Morgan fingerprint density at radius 3 is 2.67 bits per heavy atom. The highest BCUT2D eigenvalue weighted by Crippen LogP contribution is 2.25. The van der Waals surface area contributed by atoms with Gasteiger partial charge in [0.25, 0.3) is 0 Å². The van der Waals surface area contributed by atoms with Gasteiger partial charge < -0.3 is 10.1 Å². The highest BCUT2D eigenvalue weighted by atomic mass is 32.1. The molecule has 1 N–H and O–H groups in total. The van der Waals surface area contributed by atoms with Gasteiger partial charge in [0.2, 0.25) is 5.88 Å². The van der Waals surface area contributed by atoms with Crippen LogP contribution >= 0.6 is 11.3 Å². The van der Waals surface area contributed by atoms with E-state index >= 15 is 0 Å². The van der Waals surface area contributed by atoms with Crippen molar-refractivity contribution in [1.82, 2.24) is 15.3 Å². The number of ether oxygens (including phenoxy) is 1. The second-order valence-corrected chi connectivity index (χ2v) is 6.65. The van der Waals surface area contributed by atoms with E-state index in [2.05, 4.69) is 35.2 Å². The van der Waals surface area contributed by atoms with Gasteiger partial charge in [-0.1, -0.05) is 6.07 Å². The number of aryl methyl sites for hydroxylation is 2. The van der Waals surface area contributed by atoms with Gasteiger partial charge in [0, 0.05) is 29.2 Å². The number of hydrogen-bond acceptors (Lipinski definition) is 5. The van der Waals surface area contributed by atoms with Crippen LogP contribution in [0.3, 0.4) is 0 Å². The van der Waals surface area contributed by atoms with Crippen LogP contribution in [-0.4, -0.2) is 16.1 Å². The van der Waals surface area contributed by atoms with Gasteiger partial charge >= 0.3 is 0 Å². The van der Waals surface area contributed by atoms with Gasteiger partial charge in [-0.3, -0.25) is 0 Å². The summed E-state index contributed by atoms with van der Waals surface area (Å²) in [5, 5.41) is 4.65. The summed E-state index contributed by atoms with van der Waals surface area (Å²) in [7, 11) is 0. The quantitative estimate of drug-likeness (QED) is 0.882. The zero-order valence-corrected chi connectivity index (χ0v) is 14.1. The highest BCUT2D eigenvalue weighted by Gasteiger charge is 2.14. The molecule has 0 aliphatic heterocycles. The molecular weight excluding hydrogens is 282 g/mol. The highest BCUT2D eigenvalue weighted by molar-refractivity contribution is 7.11. The van der Waals surface area contributed by atoms with Crippen LogP contribution in [0, 0.1) is 13.8 Å². The molecule has 1 atom stereocenters. The predicted molar refractivity (Wildman–Crippen MR) is 86.8 cm³/mol. The van der Waals surface area contributed by atoms with E-state index in [1.54, 1.807) is 17.5 Å². The summed E-state index contributed by atoms with van der Waals surface area (Å²) in [6.07, 6.45) is 1.89. The molecule has 0 saturated carbocycles. The second kappa shape index (κ2) is 7.00. The predicted octanol–water partition coefficient (Wildman–Crippen LogP) is 3.79. The first-order valence-electron chi connectivity index (χ1n) is 7.25. The Morgan fingerprint density at radius 2 is 2.05 bits per heavy atom. The van der Waals surface area contributed by atoms with E-state index in [0.29, 0.717) is 5.88 Å². The normalized spacial score (nSPS) is 12.7. The van der Waals surface area contributed by atoms with Crippen molar-refractivity contribution in [1.29, 1.82) is 0 Å². The van der Waals surface area contributed by atoms with Crippen LogP contribution in [0.2, 0.25) is 0 Å². The Morgan fingerprint density at radius 1 is 1.29 bits per heavy atom. The summed E-state index contributed by atoms with van der Waals surface area (Å²) >= 11 is 1.75. The van der Waals surface area contributed by atoms with Crippen molar-refractivity contribution in [2.45, 2.75) is 53.3 Å². The van der Waals surface area contributed by atoms with Crippen molar-refractivity contribution >= 4 is 11.3 Å². The molecule has 0 fully saturated rings. The van der Waals surface area contributed by atoms with Gasteiger partial charge in [0.05, 0.1) is 16.8 Å². The Balaban J connectivity index is 2.04. The number of thiazole rings is 1. The fraction of sp³-hybridized carbons (Fsp3) is 0.500. The average molecular weight is 305 g/mol. The van der Waals surface area contributed by atoms with Crippen molar-refractivity contribution in [2.75, 3.05) is 0 Å². The topological polar surface area (TPSA) is 47.0 Å². The molecule has 4 nitrogen and oxygen atoms in total. The molecule has 2 heterocycles. The maximum absolute atomic E-state index is 5.75. The van der Waals surface area contributed by atoms with Crippen LogP contribution in [0.25, 0.3) is 0 Å². The second-order valence-electron chi connectivity index (χ2n) is 5.42. The van der Waals surface area contributed by atoms with Gasteiger partial charge in [-0.25, -0.2) is 9.97 Å². The lowest BCUT2D eigenvalue weighted by Gasteiger charge is -2.16. The Labute approximate surface area is 130 Å². The lowest BCUT2D eigenvalue weighted by Crippen LogP contribution is -2.19. The van der Waals surface area contributed by atoms with Gasteiger partial charge in [0.1, 0.15) is 0 Å².